The molecule has 0 unspecified atom stereocenters. The van der Waals surface area contributed by atoms with Gasteiger partial charge in [-0.15, -0.1) is 11.3 Å². The highest BCUT2D eigenvalue weighted by Gasteiger charge is 2.21. The molecule has 0 amide bonds. The molecule has 290 valence electrons. The fraction of sp³-hybridized carbons (Fsp3) is 0. The van der Waals surface area contributed by atoms with Gasteiger partial charge in [0.25, 0.3) is 0 Å². The molecule has 0 saturated heterocycles. The van der Waals surface area contributed by atoms with Crippen LogP contribution in [-0.4, -0.2) is 0 Å². The molecule has 1 aromatic heterocycles. The first-order valence-corrected chi connectivity index (χ1v) is 22.1. The van der Waals surface area contributed by atoms with Gasteiger partial charge in [0.1, 0.15) is 0 Å². The van der Waals surface area contributed by atoms with Crippen molar-refractivity contribution in [3.8, 4) is 44.5 Å². The van der Waals surface area contributed by atoms with Crippen LogP contribution in [0.5, 0.6) is 0 Å². The van der Waals surface area contributed by atoms with Crippen molar-refractivity contribution < 1.29 is 0 Å². The monoisotopic (exact) mass is 805 g/mol. The summed E-state index contributed by atoms with van der Waals surface area (Å²) in [5.41, 5.74) is 12.9. The van der Waals surface area contributed by atoms with Crippen molar-refractivity contribution >= 4 is 80.9 Å². The summed E-state index contributed by atoms with van der Waals surface area (Å²) >= 11 is 1.86. The molecule has 0 saturated carbocycles. The molecule has 12 aromatic rings. The van der Waals surface area contributed by atoms with Crippen LogP contribution in [-0.2, 0) is 0 Å². The van der Waals surface area contributed by atoms with Gasteiger partial charge >= 0.3 is 0 Å². The van der Waals surface area contributed by atoms with E-state index >= 15 is 0 Å². The van der Waals surface area contributed by atoms with Gasteiger partial charge in [0, 0.05) is 37.1 Å². The predicted molar refractivity (Wildman–Crippen MR) is 268 cm³/mol. The Balaban J connectivity index is 1.04. The van der Waals surface area contributed by atoms with Crippen LogP contribution < -0.4 is 4.90 Å². The fourth-order valence-corrected chi connectivity index (χ4v) is 10.5. The lowest BCUT2D eigenvalue weighted by molar-refractivity contribution is 1.29. The minimum Gasteiger partial charge on any atom is -0.310 e. The number of benzene rings is 11. The van der Waals surface area contributed by atoms with Gasteiger partial charge in [-0.3, -0.25) is 0 Å². The summed E-state index contributed by atoms with van der Waals surface area (Å²) in [5.74, 6) is 0. The summed E-state index contributed by atoms with van der Waals surface area (Å²) < 4.78 is 2.59. The van der Waals surface area contributed by atoms with Crippen LogP contribution in [0.3, 0.4) is 0 Å². The van der Waals surface area contributed by atoms with Gasteiger partial charge in [-0.1, -0.05) is 188 Å². The van der Waals surface area contributed by atoms with Crippen LogP contribution in [0.4, 0.5) is 17.1 Å². The molecule has 1 heterocycles. The molecule has 12 rings (SSSR count). The van der Waals surface area contributed by atoms with Crippen molar-refractivity contribution in [1.82, 2.24) is 0 Å². The standard InChI is InChI=1S/C60H39NS/c1-2-13-43(14-3-1)52-35-31-46(56-37-45-16-5-7-19-51(45)53-20-8-9-21-54(53)56)38-58(52)61(48-34-36-60-57(39-48)55-22-10-11-24-59(55)62-60)47-32-29-41(30-33-47)40-25-27-44(28-26-40)50-23-12-17-42-15-4-6-18-49(42)50/h1-39H. The Morgan fingerprint density at radius 3 is 1.63 bits per heavy atom. The van der Waals surface area contributed by atoms with E-state index in [1.165, 1.54) is 97.0 Å². The molecule has 0 aliphatic heterocycles. The van der Waals surface area contributed by atoms with Crippen molar-refractivity contribution in [3.05, 3.63) is 237 Å². The topological polar surface area (TPSA) is 3.24 Å². The summed E-state index contributed by atoms with van der Waals surface area (Å²) in [4.78, 5) is 2.47. The van der Waals surface area contributed by atoms with Gasteiger partial charge in [-0.25, -0.2) is 0 Å². The molecule has 0 fully saturated rings. The number of rotatable bonds is 7. The smallest absolute Gasteiger partial charge is 0.0546 e. The van der Waals surface area contributed by atoms with Crippen molar-refractivity contribution in [2.45, 2.75) is 0 Å². The minimum absolute atomic E-state index is 1.10. The van der Waals surface area contributed by atoms with Crippen LogP contribution in [0.15, 0.2) is 237 Å². The Morgan fingerprint density at radius 2 is 0.823 bits per heavy atom. The Bertz CT molecular complexity index is 3610. The summed E-state index contributed by atoms with van der Waals surface area (Å²) in [6.07, 6.45) is 0. The van der Waals surface area contributed by atoms with E-state index in [-0.39, 0.29) is 0 Å². The van der Waals surface area contributed by atoms with Crippen LogP contribution in [0.1, 0.15) is 0 Å². The number of hydrogen-bond donors (Lipinski definition) is 0. The number of fused-ring (bicyclic) bond motifs is 7. The van der Waals surface area contributed by atoms with E-state index in [4.69, 9.17) is 0 Å². The van der Waals surface area contributed by atoms with Gasteiger partial charge in [-0.05, 0) is 120 Å². The van der Waals surface area contributed by atoms with E-state index in [9.17, 15) is 0 Å². The van der Waals surface area contributed by atoms with Crippen LogP contribution in [0.2, 0.25) is 0 Å². The van der Waals surface area contributed by atoms with Crippen LogP contribution >= 0.6 is 11.3 Å². The Labute approximate surface area is 365 Å². The molecule has 0 aliphatic carbocycles. The second-order valence-corrected chi connectivity index (χ2v) is 17.1. The molecule has 0 spiro atoms. The molecule has 11 aromatic carbocycles. The third kappa shape index (κ3) is 6.24. The average Bonchev–Trinajstić information content (AvgIpc) is 3.72. The maximum absolute atomic E-state index is 2.47. The van der Waals surface area contributed by atoms with Crippen molar-refractivity contribution in [2.24, 2.45) is 0 Å². The lowest BCUT2D eigenvalue weighted by Gasteiger charge is -2.29. The summed E-state index contributed by atoms with van der Waals surface area (Å²) in [5, 5.41) is 10.1. The van der Waals surface area contributed by atoms with Gasteiger partial charge in [0.05, 0.1) is 5.69 Å². The van der Waals surface area contributed by atoms with Gasteiger partial charge in [0.15, 0.2) is 0 Å². The lowest BCUT2D eigenvalue weighted by atomic mass is 9.91. The molecule has 0 atom stereocenters. The normalized spacial score (nSPS) is 11.5. The first-order chi connectivity index (χ1) is 30.7. The Kier molecular flexibility index (Phi) is 8.76. The van der Waals surface area contributed by atoms with E-state index in [2.05, 4.69) is 241 Å². The number of thiophene rings is 1. The SMILES string of the molecule is c1ccc(-c2ccc(-c3cc4ccccc4c4ccccc34)cc2N(c2ccc(-c3ccc(-c4cccc5ccccc45)cc3)cc2)c2ccc3sc4ccccc4c3c2)cc1. The highest BCUT2D eigenvalue weighted by Crippen LogP contribution is 2.47. The second kappa shape index (κ2) is 15.0. The highest BCUT2D eigenvalue weighted by atomic mass is 32.1. The third-order valence-corrected chi connectivity index (χ3v) is 13.6. The van der Waals surface area contributed by atoms with E-state index in [0.29, 0.717) is 0 Å². The zero-order valence-corrected chi connectivity index (χ0v) is 34.7. The molecule has 0 aliphatic rings. The Hall–Kier alpha value is -7.78. The number of hydrogen-bond acceptors (Lipinski definition) is 2. The van der Waals surface area contributed by atoms with Crippen molar-refractivity contribution in [1.29, 1.82) is 0 Å². The second-order valence-electron chi connectivity index (χ2n) is 16.1. The largest absolute Gasteiger partial charge is 0.310 e. The molecule has 0 radical (unpaired) electrons. The Morgan fingerprint density at radius 1 is 0.258 bits per heavy atom. The summed E-state index contributed by atoms with van der Waals surface area (Å²) in [6.45, 7) is 0. The summed E-state index contributed by atoms with van der Waals surface area (Å²) in [6, 6.07) is 86.9. The van der Waals surface area contributed by atoms with Gasteiger partial charge < -0.3 is 4.90 Å². The molecule has 62 heavy (non-hydrogen) atoms. The first kappa shape index (κ1) is 36.1. The number of nitrogens with zero attached hydrogens (tertiary/aromatic N) is 1. The quantitative estimate of drug-likeness (QED) is 0.145. The van der Waals surface area contributed by atoms with Crippen LogP contribution in [0.25, 0.3) is 97.0 Å². The number of anilines is 3. The minimum atomic E-state index is 1.10. The zero-order valence-electron chi connectivity index (χ0n) is 33.9. The molecular formula is C60H39NS. The maximum atomic E-state index is 2.47. The molecule has 0 N–H and O–H groups in total. The summed E-state index contributed by atoms with van der Waals surface area (Å²) in [7, 11) is 0. The molecule has 1 nitrogen and oxygen atoms in total. The lowest BCUT2D eigenvalue weighted by Crippen LogP contribution is -2.11. The van der Waals surface area contributed by atoms with Gasteiger partial charge in [-0.2, -0.15) is 0 Å². The van der Waals surface area contributed by atoms with E-state index < -0.39 is 0 Å². The maximum Gasteiger partial charge on any atom is 0.0546 e. The van der Waals surface area contributed by atoms with Crippen molar-refractivity contribution in [3.63, 3.8) is 0 Å². The molecule has 0 bridgehead atoms. The van der Waals surface area contributed by atoms with Crippen molar-refractivity contribution in [2.75, 3.05) is 4.90 Å². The zero-order chi connectivity index (χ0) is 41.0. The molecular weight excluding hydrogens is 767 g/mol. The fourth-order valence-electron chi connectivity index (χ4n) is 9.44. The first-order valence-electron chi connectivity index (χ1n) is 21.2. The van der Waals surface area contributed by atoms with Crippen LogP contribution in [0, 0.1) is 0 Å². The van der Waals surface area contributed by atoms with E-state index in [1.54, 1.807) is 0 Å². The highest BCUT2D eigenvalue weighted by molar-refractivity contribution is 7.25. The van der Waals surface area contributed by atoms with E-state index in [1.807, 2.05) is 11.3 Å². The third-order valence-electron chi connectivity index (χ3n) is 12.5. The molecule has 2 heteroatoms. The van der Waals surface area contributed by atoms with E-state index in [0.717, 1.165) is 17.1 Å². The van der Waals surface area contributed by atoms with Gasteiger partial charge in [0.2, 0.25) is 0 Å². The average molecular weight is 806 g/mol. The predicted octanol–water partition coefficient (Wildman–Crippen LogP) is 17.7.